The third-order valence-electron chi connectivity index (χ3n) is 2.88. The first-order chi connectivity index (χ1) is 9.36. The summed E-state index contributed by atoms with van der Waals surface area (Å²) in [5, 5.41) is 11.6. The molecule has 0 heterocycles. The molecule has 20 heavy (non-hydrogen) atoms. The fourth-order valence-corrected chi connectivity index (χ4v) is 2.79. The summed E-state index contributed by atoms with van der Waals surface area (Å²) in [5.74, 6) is -1.04. The molecular formula is C13H16Br2N2O3. The van der Waals surface area contributed by atoms with E-state index in [4.69, 9.17) is 5.11 Å². The predicted octanol–water partition coefficient (Wildman–Crippen LogP) is 3.93. The molecule has 0 spiro atoms. The Morgan fingerprint density at radius 3 is 2.35 bits per heavy atom. The van der Waals surface area contributed by atoms with Crippen LogP contribution < -0.4 is 5.32 Å². The number of carbonyl (C=O) groups is 2. The Kier molecular flexibility index (Phi) is 6.48. The molecule has 1 atom stereocenters. The molecule has 0 aliphatic carbocycles. The minimum absolute atomic E-state index is 0.160. The Balaban J connectivity index is 2.93. The fourth-order valence-electron chi connectivity index (χ4n) is 1.59. The predicted molar refractivity (Wildman–Crippen MR) is 85.0 cm³/mol. The number of carbonyl (C=O) groups excluding carboxylic acids is 1. The number of halogens is 2. The van der Waals surface area contributed by atoms with Gasteiger partial charge in [-0.1, -0.05) is 13.0 Å². The van der Waals surface area contributed by atoms with E-state index >= 15 is 0 Å². The first-order valence-electron chi connectivity index (χ1n) is 6.10. The topological polar surface area (TPSA) is 69.6 Å². The summed E-state index contributed by atoms with van der Waals surface area (Å²) in [7, 11) is 0. The summed E-state index contributed by atoms with van der Waals surface area (Å²) < 4.78 is 1.44. The van der Waals surface area contributed by atoms with Crippen molar-refractivity contribution in [3.63, 3.8) is 0 Å². The van der Waals surface area contributed by atoms with Crippen molar-refractivity contribution in [1.82, 2.24) is 4.90 Å². The zero-order valence-corrected chi connectivity index (χ0v) is 14.4. The number of amides is 2. The number of nitrogens with zero attached hydrogens (tertiary/aromatic N) is 1. The van der Waals surface area contributed by atoms with Gasteiger partial charge in [0.15, 0.2) is 0 Å². The maximum atomic E-state index is 12.3. The van der Waals surface area contributed by atoms with Gasteiger partial charge in [-0.05, 0) is 57.3 Å². The van der Waals surface area contributed by atoms with Crippen LogP contribution in [0.4, 0.5) is 10.5 Å². The molecule has 2 amide bonds. The van der Waals surface area contributed by atoms with Gasteiger partial charge in [0.1, 0.15) is 6.54 Å². The number of benzene rings is 1. The van der Waals surface area contributed by atoms with Crippen LogP contribution in [0.2, 0.25) is 0 Å². The minimum atomic E-state index is -1.04. The van der Waals surface area contributed by atoms with E-state index in [2.05, 4.69) is 37.2 Å². The van der Waals surface area contributed by atoms with Gasteiger partial charge in [0.05, 0.1) is 5.69 Å². The van der Waals surface area contributed by atoms with Gasteiger partial charge < -0.3 is 15.3 Å². The van der Waals surface area contributed by atoms with Crippen molar-refractivity contribution >= 4 is 49.5 Å². The number of hydrogen-bond acceptors (Lipinski definition) is 2. The second-order valence-corrected chi connectivity index (χ2v) is 6.01. The Labute approximate surface area is 134 Å². The van der Waals surface area contributed by atoms with E-state index in [1.807, 2.05) is 19.9 Å². The molecule has 0 aliphatic heterocycles. The van der Waals surface area contributed by atoms with Crippen LogP contribution in [-0.4, -0.2) is 34.6 Å². The number of carboxylic acid groups (broad SMARTS) is 1. The van der Waals surface area contributed by atoms with Gasteiger partial charge in [0.2, 0.25) is 0 Å². The maximum Gasteiger partial charge on any atom is 0.323 e. The van der Waals surface area contributed by atoms with Crippen LogP contribution in [-0.2, 0) is 4.79 Å². The number of anilines is 1. The number of rotatable bonds is 5. The molecule has 110 valence electrons. The highest BCUT2D eigenvalue weighted by atomic mass is 79.9. The summed E-state index contributed by atoms with van der Waals surface area (Å²) in [5.41, 5.74) is 0.580. The first-order valence-corrected chi connectivity index (χ1v) is 7.68. The Hall–Kier alpha value is -1.08. The molecule has 1 aromatic rings. The highest BCUT2D eigenvalue weighted by Gasteiger charge is 2.22. The average Bonchev–Trinajstić information content (AvgIpc) is 2.39. The number of urea groups is 1. The van der Waals surface area contributed by atoms with Crippen molar-refractivity contribution in [2.24, 2.45) is 0 Å². The van der Waals surface area contributed by atoms with Gasteiger partial charge in [0, 0.05) is 15.0 Å². The third-order valence-corrected chi connectivity index (χ3v) is 4.21. The summed E-state index contributed by atoms with van der Waals surface area (Å²) in [4.78, 5) is 24.4. The molecule has 5 nitrogen and oxygen atoms in total. The summed E-state index contributed by atoms with van der Waals surface area (Å²) in [6.45, 7) is 3.39. The number of nitrogens with one attached hydrogen (secondary N) is 1. The molecule has 1 aromatic carbocycles. The van der Waals surface area contributed by atoms with Crippen molar-refractivity contribution < 1.29 is 14.7 Å². The van der Waals surface area contributed by atoms with Crippen LogP contribution in [0, 0.1) is 0 Å². The first kappa shape index (κ1) is 17.0. The molecule has 0 aromatic heterocycles. The van der Waals surface area contributed by atoms with Gasteiger partial charge >= 0.3 is 12.0 Å². The molecule has 1 unspecified atom stereocenters. The third kappa shape index (κ3) is 4.49. The molecule has 0 radical (unpaired) electrons. The zero-order chi connectivity index (χ0) is 15.3. The van der Waals surface area contributed by atoms with Gasteiger partial charge in [-0.15, -0.1) is 0 Å². The molecule has 0 saturated carbocycles. The highest BCUT2D eigenvalue weighted by molar-refractivity contribution is 9.11. The molecule has 0 fully saturated rings. The molecule has 2 N–H and O–H groups in total. The number of hydrogen-bond donors (Lipinski definition) is 2. The van der Waals surface area contributed by atoms with Gasteiger partial charge in [-0.25, -0.2) is 4.79 Å². The second kappa shape index (κ2) is 7.64. The SMILES string of the molecule is CCC(C)N(CC(=O)O)C(=O)Nc1c(Br)cccc1Br. The van der Waals surface area contributed by atoms with Gasteiger partial charge in [-0.3, -0.25) is 4.79 Å². The minimum Gasteiger partial charge on any atom is -0.480 e. The largest absolute Gasteiger partial charge is 0.480 e. The van der Waals surface area contributed by atoms with Gasteiger partial charge in [-0.2, -0.15) is 0 Å². The molecule has 7 heteroatoms. The maximum absolute atomic E-state index is 12.3. The van der Waals surface area contributed by atoms with E-state index in [1.165, 1.54) is 4.90 Å². The lowest BCUT2D eigenvalue weighted by molar-refractivity contribution is -0.138. The van der Waals surface area contributed by atoms with E-state index in [-0.39, 0.29) is 12.6 Å². The van der Waals surface area contributed by atoms with E-state index in [0.717, 1.165) is 8.95 Å². The van der Waals surface area contributed by atoms with E-state index < -0.39 is 12.0 Å². The Morgan fingerprint density at radius 1 is 1.35 bits per heavy atom. The standard InChI is InChI=1S/C13H16Br2N2O3/c1-3-8(2)17(7-11(18)19)13(20)16-12-9(14)5-4-6-10(12)15/h4-6,8H,3,7H2,1-2H3,(H,16,20)(H,18,19). The number of para-hydroxylation sites is 1. The Morgan fingerprint density at radius 2 is 1.90 bits per heavy atom. The van der Waals surface area contributed by atoms with Crippen LogP contribution >= 0.6 is 31.9 Å². The van der Waals surface area contributed by atoms with Crippen LogP contribution in [0.15, 0.2) is 27.1 Å². The van der Waals surface area contributed by atoms with Crippen molar-refractivity contribution in [3.05, 3.63) is 27.1 Å². The van der Waals surface area contributed by atoms with Crippen molar-refractivity contribution in [3.8, 4) is 0 Å². The lowest BCUT2D eigenvalue weighted by atomic mass is 10.2. The van der Waals surface area contributed by atoms with Crippen molar-refractivity contribution in [2.75, 3.05) is 11.9 Å². The van der Waals surface area contributed by atoms with E-state index in [1.54, 1.807) is 12.1 Å². The molecule has 0 saturated heterocycles. The van der Waals surface area contributed by atoms with Crippen LogP contribution in [0.1, 0.15) is 20.3 Å². The highest BCUT2D eigenvalue weighted by Crippen LogP contribution is 2.30. The smallest absolute Gasteiger partial charge is 0.323 e. The molecule has 0 bridgehead atoms. The number of carboxylic acids is 1. The normalized spacial score (nSPS) is 11.8. The van der Waals surface area contributed by atoms with Crippen LogP contribution in [0.25, 0.3) is 0 Å². The van der Waals surface area contributed by atoms with E-state index in [9.17, 15) is 9.59 Å². The quantitative estimate of drug-likeness (QED) is 0.776. The summed E-state index contributed by atoms with van der Waals surface area (Å²) in [6.07, 6.45) is 0.678. The van der Waals surface area contributed by atoms with Crippen LogP contribution in [0.5, 0.6) is 0 Å². The van der Waals surface area contributed by atoms with E-state index in [0.29, 0.717) is 12.1 Å². The van der Waals surface area contributed by atoms with Gasteiger partial charge in [0.25, 0.3) is 0 Å². The zero-order valence-electron chi connectivity index (χ0n) is 11.2. The summed E-state index contributed by atoms with van der Waals surface area (Å²) >= 11 is 6.70. The van der Waals surface area contributed by atoms with Crippen LogP contribution in [0.3, 0.4) is 0 Å². The Bertz CT molecular complexity index is 488. The lowest BCUT2D eigenvalue weighted by Crippen LogP contribution is -2.44. The van der Waals surface area contributed by atoms with Crippen molar-refractivity contribution in [2.45, 2.75) is 26.3 Å². The van der Waals surface area contributed by atoms with Crippen molar-refractivity contribution in [1.29, 1.82) is 0 Å². The molecule has 1 rings (SSSR count). The monoisotopic (exact) mass is 406 g/mol. The summed E-state index contributed by atoms with van der Waals surface area (Å²) in [6, 6.07) is 4.82. The number of aliphatic carboxylic acids is 1. The lowest BCUT2D eigenvalue weighted by Gasteiger charge is -2.27. The fraction of sp³-hybridized carbons (Fsp3) is 0.385. The molecular weight excluding hydrogens is 392 g/mol. The molecule has 0 aliphatic rings. The average molecular weight is 408 g/mol. The second-order valence-electron chi connectivity index (χ2n) is 4.31.